The number of hydrogen-bond acceptors (Lipinski definition) is 4. The predicted octanol–water partition coefficient (Wildman–Crippen LogP) is 1.39. The van der Waals surface area contributed by atoms with Gasteiger partial charge >= 0.3 is 0 Å². The average Bonchev–Trinajstić information content (AvgIpc) is 2.60. The molecule has 126 valence electrons. The van der Waals surface area contributed by atoms with Gasteiger partial charge in [0.25, 0.3) is 12.2 Å². The molecule has 0 saturated heterocycles. The fourth-order valence-corrected chi connectivity index (χ4v) is 2.07. The van der Waals surface area contributed by atoms with Crippen LogP contribution < -0.4 is 26.7 Å². The molecule has 0 aromatic heterocycles. The lowest BCUT2D eigenvalue weighted by molar-refractivity contribution is -0.449. The van der Waals surface area contributed by atoms with Crippen molar-refractivity contribution in [2.75, 3.05) is 18.6 Å². The predicted molar refractivity (Wildman–Crippen MR) is 94.3 cm³/mol. The monoisotopic (exact) mass is 348 g/mol. The maximum absolute atomic E-state index is 12.2. The minimum atomic E-state index is -0.192. The number of hydrazone groups is 1. The molecule has 0 heterocycles. The van der Waals surface area contributed by atoms with Gasteiger partial charge in [-0.05, 0) is 36.4 Å². The molecule has 0 atom stereocenters. The highest BCUT2D eigenvalue weighted by Gasteiger charge is 2.12. The lowest BCUT2D eigenvalue weighted by atomic mass is 10.3. The Labute approximate surface area is 145 Å². The van der Waals surface area contributed by atoms with E-state index in [1.54, 1.807) is 55.6 Å². The topological polar surface area (TPSA) is 96.6 Å². The molecule has 5 N–H and O–H groups in total. The third kappa shape index (κ3) is 4.61. The first-order chi connectivity index (χ1) is 11.5. The van der Waals surface area contributed by atoms with Crippen molar-refractivity contribution in [1.29, 1.82) is 0 Å². The lowest BCUT2D eigenvalue weighted by Crippen LogP contribution is -2.31. The van der Waals surface area contributed by atoms with Crippen LogP contribution in [0.3, 0.4) is 0 Å². The van der Waals surface area contributed by atoms with Crippen molar-refractivity contribution in [3.63, 3.8) is 0 Å². The highest BCUT2D eigenvalue weighted by molar-refractivity contribution is 6.30. The molecular formula is C16H19ClN5O2+. The minimum Gasteiger partial charge on any atom is -0.484 e. The molecule has 2 aromatic rings. The van der Waals surface area contributed by atoms with Crippen molar-refractivity contribution >= 4 is 35.2 Å². The van der Waals surface area contributed by atoms with Gasteiger partial charge in [0.05, 0.1) is 0 Å². The number of nitrogens with two attached hydrogens (primary N) is 2. The van der Waals surface area contributed by atoms with Gasteiger partial charge < -0.3 is 9.64 Å². The van der Waals surface area contributed by atoms with Gasteiger partial charge in [-0.15, -0.1) is 4.68 Å². The Morgan fingerprint density at radius 3 is 2.71 bits per heavy atom. The van der Waals surface area contributed by atoms with Gasteiger partial charge in [-0.2, -0.15) is 5.84 Å². The average molecular weight is 349 g/mol. The number of anilines is 1. The van der Waals surface area contributed by atoms with Gasteiger partial charge in [-0.3, -0.25) is 10.6 Å². The van der Waals surface area contributed by atoms with Crippen LogP contribution in [0.25, 0.3) is 0 Å². The summed E-state index contributed by atoms with van der Waals surface area (Å²) in [5.41, 5.74) is 3.73. The Balaban J connectivity index is 2.00. The Morgan fingerprint density at radius 1 is 1.33 bits per heavy atom. The molecule has 0 saturated carbocycles. The molecule has 8 heteroatoms. The van der Waals surface area contributed by atoms with Crippen molar-refractivity contribution in [3.05, 3.63) is 53.6 Å². The summed E-state index contributed by atoms with van der Waals surface area (Å²) in [7, 11) is 1.68. The van der Waals surface area contributed by atoms with Crippen LogP contribution in [0.15, 0.2) is 48.5 Å². The van der Waals surface area contributed by atoms with Crippen LogP contribution in [0.1, 0.15) is 0 Å². The largest absolute Gasteiger partial charge is 0.484 e. The zero-order valence-corrected chi connectivity index (χ0v) is 13.9. The number of nitrogens with zero attached hydrogens (tertiary/aromatic N) is 2. The third-order valence-corrected chi connectivity index (χ3v) is 3.53. The number of amides is 1. The minimum absolute atomic E-state index is 0.105. The maximum atomic E-state index is 12.2. The summed E-state index contributed by atoms with van der Waals surface area (Å²) in [6, 6.07) is 14.0. The van der Waals surface area contributed by atoms with Crippen molar-refractivity contribution in [2.45, 2.75) is 0 Å². The molecule has 2 rings (SSSR count). The molecule has 0 aliphatic heterocycles. The smallest absolute Gasteiger partial charge is 0.278 e. The molecule has 0 spiro atoms. The summed E-state index contributed by atoms with van der Waals surface area (Å²) in [5.74, 6) is 11.3. The van der Waals surface area contributed by atoms with E-state index < -0.39 is 0 Å². The van der Waals surface area contributed by atoms with Crippen LogP contribution >= 0.6 is 11.6 Å². The van der Waals surface area contributed by atoms with Crippen LogP contribution in [0.5, 0.6) is 5.75 Å². The van der Waals surface area contributed by atoms with Crippen molar-refractivity contribution in [1.82, 2.24) is 5.43 Å². The van der Waals surface area contributed by atoms with Gasteiger partial charge in [0, 0.05) is 23.8 Å². The second-order valence-corrected chi connectivity index (χ2v) is 5.35. The number of carbonyl (C=O) groups excluding carboxylic acids is 1. The van der Waals surface area contributed by atoms with E-state index >= 15 is 0 Å². The summed E-state index contributed by atoms with van der Waals surface area (Å²) in [6.07, 6.45) is 1.39. The molecule has 0 aliphatic carbocycles. The number of hydrogen-bond donors (Lipinski definition) is 3. The van der Waals surface area contributed by atoms with Crippen molar-refractivity contribution in [3.8, 4) is 5.75 Å². The Kier molecular flexibility index (Phi) is 6.00. The van der Waals surface area contributed by atoms with Gasteiger partial charge in [0.1, 0.15) is 5.75 Å². The third-order valence-electron chi connectivity index (χ3n) is 3.28. The molecule has 0 unspecified atom stereocenters. The summed E-state index contributed by atoms with van der Waals surface area (Å²) in [4.78, 5) is 13.7. The molecule has 0 fully saturated rings. The molecule has 24 heavy (non-hydrogen) atoms. The Hall–Kier alpha value is -2.77. The number of rotatable bonds is 6. The summed E-state index contributed by atoms with van der Waals surface area (Å²) >= 11 is 5.84. The van der Waals surface area contributed by atoms with Gasteiger partial charge in [-0.1, -0.05) is 17.7 Å². The first kappa shape index (κ1) is 17.6. The van der Waals surface area contributed by atoms with Crippen molar-refractivity contribution in [2.24, 2.45) is 11.7 Å². The fraction of sp³-hybridized carbons (Fsp3) is 0.125. The van der Waals surface area contributed by atoms with Gasteiger partial charge in [0.2, 0.25) is 0 Å². The summed E-state index contributed by atoms with van der Waals surface area (Å²) in [5, 5.41) is 0.614. The molecule has 0 bridgehead atoms. The van der Waals surface area contributed by atoms with Crippen LogP contribution in [-0.2, 0) is 4.79 Å². The number of nitrogens with one attached hydrogen (secondary N) is 1. The first-order valence-corrected chi connectivity index (χ1v) is 7.47. The summed E-state index contributed by atoms with van der Waals surface area (Å²) in [6.45, 7) is -0.105. The number of halogens is 1. The van der Waals surface area contributed by atoms with Crippen LogP contribution in [0.4, 0.5) is 11.4 Å². The van der Waals surface area contributed by atoms with Gasteiger partial charge in [0.15, 0.2) is 12.3 Å². The molecule has 0 radical (unpaired) electrons. The number of benzene rings is 2. The van der Waals surface area contributed by atoms with E-state index in [1.807, 2.05) is 0 Å². The Morgan fingerprint density at radius 2 is 2.04 bits per heavy atom. The second kappa shape index (κ2) is 8.19. The zero-order valence-electron chi connectivity index (χ0n) is 13.1. The van der Waals surface area contributed by atoms with Crippen LogP contribution in [0, 0.1) is 0 Å². The highest BCUT2D eigenvalue weighted by atomic mass is 35.5. The molecule has 7 nitrogen and oxygen atoms in total. The molecule has 0 aliphatic rings. The van der Waals surface area contributed by atoms with Crippen LogP contribution in [0.2, 0.25) is 5.02 Å². The normalized spacial score (nSPS) is 11.0. The second-order valence-electron chi connectivity index (χ2n) is 4.92. The molecule has 1 amide bonds. The first-order valence-electron chi connectivity index (χ1n) is 7.09. The fourth-order valence-electron chi connectivity index (χ4n) is 1.94. The van der Waals surface area contributed by atoms with E-state index in [9.17, 15) is 4.79 Å². The number of hydrazine groups is 2. The maximum Gasteiger partial charge on any atom is 0.278 e. The van der Waals surface area contributed by atoms with E-state index in [1.165, 1.54) is 15.9 Å². The Bertz CT molecular complexity index is 734. The SMILES string of the molecule is CN(C(=O)COc1cccc(/[N+](N)=C/NN)c1)c1ccc(Cl)cc1. The molecule has 2 aromatic carbocycles. The number of carbonyl (C=O) groups is 1. The van der Waals surface area contributed by atoms with E-state index in [0.717, 1.165) is 5.69 Å². The quantitative estimate of drug-likeness (QED) is 0.241. The van der Waals surface area contributed by atoms with E-state index in [4.69, 9.17) is 28.0 Å². The number of ether oxygens (including phenoxy) is 1. The van der Waals surface area contributed by atoms with E-state index in [-0.39, 0.29) is 12.5 Å². The van der Waals surface area contributed by atoms with E-state index in [0.29, 0.717) is 16.5 Å². The standard InChI is InChI=1S/C16H18ClN5O2/c1-21(13-7-5-12(17)6-8-13)16(23)10-24-15-4-2-3-14(9-15)22(19)11-20-18/h2-9,11H,10,18-19H2,1H3/p+1. The van der Waals surface area contributed by atoms with Crippen LogP contribution in [-0.4, -0.2) is 30.6 Å². The molecular weight excluding hydrogens is 330 g/mol. The highest BCUT2D eigenvalue weighted by Crippen LogP contribution is 2.19. The van der Waals surface area contributed by atoms with Crippen molar-refractivity contribution < 1.29 is 14.2 Å². The lowest BCUT2D eigenvalue weighted by Gasteiger charge is -2.17. The van der Waals surface area contributed by atoms with E-state index in [2.05, 4.69) is 5.43 Å². The van der Waals surface area contributed by atoms with Gasteiger partial charge in [-0.25, -0.2) is 5.43 Å². The zero-order chi connectivity index (χ0) is 17.5. The number of likely N-dealkylation sites (N-methyl/N-ethyl adjacent to an activating group) is 1. The summed E-state index contributed by atoms with van der Waals surface area (Å²) < 4.78 is 6.84.